The average Bonchev–Trinajstić information content (AvgIpc) is 2.40. The molecule has 0 fully saturated rings. The molecular weight excluding hydrogens is 264 g/mol. The molecule has 20 heavy (non-hydrogen) atoms. The van der Waals surface area contributed by atoms with Gasteiger partial charge in [-0.15, -0.1) is 0 Å². The molecule has 0 aliphatic carbocycles. The topological polar surface area (TPSA) is 118 Å². The minimum Gasteiger partial charge on any atom is -0.462 e. The third-order valence-corrected chi connectivity index (χ3v) is 2.26. The lowest BCUT2D eigenvalue weighted by atomic mass is 10.1. The number of ether oxygens (including phenoxy) is 1. The molecular formula is C12H12N4O4. The zero-order chi connectivity index (χ0) is 15.0. The van der Waals surface area contributed by atoms with Crippen LogP contribution in [0.5, 0.6) is 0 Å². The van der Waals surface area contributed by atoms with E-state index in [1.165, 1.54) is 6.08 Å². The van der Waals surface area contributed by atoms with E-state index in [0.29, 0.717) is 5.56 Å². The Labute approximate surface area is 114 Å². The van der Waals surface area contributed by atoms with Crippen LogP contribution in [0.3, 0.4) is 0 Å². The quantitative estimate of drug-likeness (QED) is 0.151. The van der Waals surface area contributed by atoms with E-state index < -0.39 is 17.4 Å². The number of esters is 1. The monoisotopic (exact) mass is 276 g/mol. The maximum atomic E-state index is 11.7. The van der Waals surface area contributed by atoms with Gasteiger partial charge in [-0.3, -0.25) is 10.1 Å². The molecule has 0 aromatic heterocycles. The Kier molecular flexibility index (Phi) is 5.74. The van der Waals surface area contributed by atoms with Crippen LogP contribution >= 0.6 is 0 Å². The largest absolute Gasteiger partial charge is 0.462 e. The van der Waals surface area contributed by atoms with E-state index in [4.69, 9.17) is 10.3 Å². The van der Waals surface area contributed by atoms with Crippen LogP contribution in [0.2, 0.25) is 0 Å². The highest BCUT2D eigenvalue weighted by molar-refractivity contribution is 5.94. The maximum Gasteiger partial charge on any atom is 0.340 e. The zero-order valence-corrected chi connectivity index (χ0v) is 10.7. The molecule has 8 nitrogen and oxygen atoms in total. The molecule has 0 saturated heterocycles. The van der Waals surface area contributed by atoms with Crippen molar-refractivity contribution in [1.82, 2.24) is 0 Å². The number of nitro groups is 1. The first-order chi connectivity index (χ1) is 9.58. The van der Waals surface area contributed by atoms with Gasteiger partial charge in [0, 0.05) is 15.5 Å². The summed E-state index contributed by atoms with van der Waals surface area (Å²) in [5.41, 5.74) is 9.03. The van der Waals surface area contributed by atoms with E-state index in [2.05, 4.69) is 10.0 Å². The summed E-state index contributed by atoms with van der Waals surface area (Å²) in [7, 11) is 0. The van der Waals surface area contributed by atoms with Crippen molar-refractivity contribution < 1.29 is 14.5 Å². The Morgan fingerprint density at radius 2 is 2.25 bits per heavy atom. The number of carbonyl (C=O) groups excluding carboxylic acids is 1. The van der Waals surface area contributed by atoms with Gasteiger partial charge < -0.3 is 4.74 Å². The molecule has 0 atom stereocenters. The zero-order valence-electron chi connectivity index (χ0n) is 10.7. The fourth-order valence-corrected chi connectivity index (χ4v) is 1.47. The number of hydrogen-bond acceptors (Lipinski definition) is 5. The number of azide groups is 1. The van der Waals surface area contributed by atoms with Crippen molar-refractivity contribution in [3.8, 4) is 0 Å². The van der Waals surface area contributed by atoms with Crippen LogP contribution in [0, 0.1) is 10.1 Å². The Hall–Kier alpha value is -2.86. The minimum atomic E-state index is -0.764. The molecule has 1 aromatic carbocycles. The van der Waals surface area contributed by atoms with Gasteiger partial charge in [0.05, 0.1) is 6.61 Å². The van der Waals surface area contributed by atoms with Gasteiger partial charge in [0.25, 0.3) is 0 Å². The van der Waals surface area contributed by atoms with Crippen LogP contribution in [0.4, 0.5) is 5.69 Å². The SMILES string of the molecule is CCOC(=O)/C(=C/c1ccccc1N=[N+]=[N-])C[N+](=O)[O-]. The first-order valence-electron chi connectivity index (χ1n) is 5.72. The van der Waals surface area contributed by atoms with Crippen LogP contribution < -0.4 is 0 Å². The van der Waals surface area contributed by atoms with E-state index in [9.17, 15) is 14.9 Å². The Bertz CT molecular complexity index is 591. The van der Waals surface area contributed by atoms with E-state index in [0.717, 1.165) is 0 Å². The Morgan fingerprint density at radius 1 is 1.55 bits per heavy atom. The van der Waals surface area contributed by atoms with Gasteiger partial charge in [-0.2, -0.15) is 0 Å². The van der Waals surface area contributed by atoms with Gasteiger partial charge in [-0.05, 0) is 24.1 Å². The Morgan fingerprint density at radius 3 is 2.85 bits per heavy atom. The van der Waals surface area contributed by atoms with Gasteiger partial charge in [0.1, 0.15) is 5.57 Å². The lowest BCUT2D eigenvalue weighted by Crippen LogP contribution is -2.15. The summed E-state index contributed by atoms with van der Waals surface area (Å²) < 4.78 is 4.76. The van der Waals surface area contributed by atoms with Crippen molar-refractivity contribution in [2.75, 3.05) is 13.2 Å². The molecule has 104 valence electrons. The van der Waals surface area contributed by atoms with Crippen molar-refractivity contribution in [3.05, 3.63) is 56.0 Å². The molecule has 0 amide bonds. The summed E-state index contributed by atoms with van der Waals surface area (Å²) in [6, 6.07) is 6.44. The van der Waals surface area contributed by atoms with E-state index in [1.54, 1.807) is 31.2 Å². The number of carbonyl (C=O) groups is 1. The summed E-state index contributed by atoms with van der Waals surface area (Å²) in [4.78, 5) is 24.3. The van der Waals surface area contributed by atoms with Gasteiger partial charge >= 0.3 is 5.97 Å². The van der Waals surface area contributed by atoms with Crippen LogP contribution in [-0.2, 0) is 9.53 Å². The predicted molar refractivity (Wildman–Crippen MR) is 71.7 cm³/mol. The minimum absolute atomic E-state index is 0.113. The van der Waals surface area contributed by atoms with Gasteiger partial charge in [-0.1, -0.05) is 29.4 Å². The lowest BCUT2D eigenvalue weighted by molar-refractivity contribution is -0.470. The first-order valence-corrected chi connectivity index (χ1v) is 5.72. The van der Waals surface area contributed by atoms with Crippen molar-refractivity contribution >= 4 is 17.7 Å². The highest BCUT2D eigenvalue weighted by atomic mass is 16.6. The first kappa shape index (κ1) is 15.2. The molecule has 0 heterocycles. The number of hydrogen-bond donors (Lipinski definition) is 0. The highest BCUT2D eigenvalue weighted by Crippen LogP contribution is 2.22. The molecule has 8 heteroatoms. The van der Waals surface area contributed by atoms with Gasteiger partial charge in [-0.25, -0.2) is 4.79 Å². The van der Waals surface area contributed by atoms with Crippen molar-refractivity contribution in [2.24, 2.45) is 5.11 Å². The second kappa shape index (κ2) is 7.55. The fraction of sp³-hybridized carbons (Fsp3) is 0.250. The summed E-state index contributed by atoms with van der Waals surface area (Å²) in [5, 5.41) is 14.1. The standard InChI is InChI=1S/C12H12N4O4/c1-2-20-12(17)10(8-16(18)19)7-9-5-3-4-6-11(9)14-15-13/h3-7H,2,8H2,1H3/b10-7+. The van der Waals surface area contributed by atoms with Gasteiger partial charge in [0.15, 0.2) is 0 Å². The molecule has 0 aliphatic heterocycles. The second-order valence-electron chi connectivity index (χ2n) is 3.63. The lowest BCUT2D eigenvalue weighted by Gasteiger charge is -2.04. The molecule has 0 radical (unpaired) electrons. The van der Waals surface area contributed by atoms with Crippen molar-refractivity contribution in [2.45, 2.75) is 6.92 Å². The average molecular weight is 276 g/mol. The summed E-state index contributed by atoms with van der Waals surface area (Å²) in [6.07, 6.45) is 1.30. The van der Waals surface area contributed by atoms with E-state index in [1.807, 2.05) is 0 Å². The number of nitrogens with zero attached hydrogens (tertiary/aromatic N) is 4. The molecule has 0 saturated carbocycles. The van der Waals surface area contributed by atoms with Gasteiger partial charge in [0.2, 0.25) is 6.54 Å². The van der Waals surface area contributed by atoms with E-state index in [-0.39, 0.29) is 17.9 Å². The highest BCUT2D eigenvalue weighted by Gasteiger charge is 2.17. The molecule has 1 aromatic rings. The van der Waals surface area contributed by atoms with Crippen LogP contribution in [0.1, 0.15) is 12.5 Å². The number of rotatable bonds is 6. The number of benzene rings is 1. The maximum absolute atomic E-state index is 11.7. The van der Waals surface area contributed by atoms with E-state index >= 15 is 0 Å². The summed E-state index contributed by atoms with van der Waals surface area (Å²) in [6.45, 7) is 1.06. The van der Waals surface area contributed by atoms with Crippen molar-refractivity contribution in [3.63, 3.8) is 0 Å². The molecule has 0 N–H and O–H groups in total. The summed E-state index contributed by atoms with van der Waals surface area (Å²) in [5.74, 6) is -0.764. The smallest absolute Gasteiger partial charge is 0.340 e. The molecule has 0 bridgehead atoms. The van der Waals surface area contributed by atoms with Crippen LogP contribution in [-0.4, -0.2) is 24.0 Å². The predicted octanol–water partition coefficient (Wildman–Crippen LogP) is 2.85. The fourth-order valence-electron chi connectivity index (χ4n) is 1.47. The third-order valence-electron chi connectivity index (χ3n) is 2.26. The Balaban J connectivity index is 3.21. The molecule has 0 spiro atoms. The molecule has 0 unspecified atom stereocenters. The molecule has 0 aliphatic rings. The normalized spacial score (nSPS) is 10.6. The van der Waals surface area contributed by atoms with Crippen molar-refractivity contribution in [1.29, 1.82) is 0 Å². The van der Waals surface area contributed by atoms with Crippen LogP contribution in [0.25, 0.3) is 16.5 Å². The molecule has 1 rings (SSSR count). The summed E-state index contributed by atoms with van der Waals surface area (Å²) >= 11 is 0. The van der Waals surface area contributed by atoms with Crippen LogP contribution in [0.15, 0.2) is 35.0 Å². The second-order valence-corrected chi connectivity index (χ2v) is 3.63. The third kappa shape index (κ3) is 4.43.